The van der Waals surface area contributed by atoms with E-state index in [2.05, 4.69) is 39.9 Å². The number of halogens is 1. The first kappa shape index (κ1) is 24.6. The molecule has 3 aromatic rings. The number of aliphatic imine (C=N–C) groups is 1. The number of aryl methyl sites for hydroxylation is 1. The first-order chi connectivity index (χ1) is 14.6. The molecule has 0 fully saturated rings. The van der Waals surface area contributed by atoms with E-state index in [1.54, 1.807) is 0 Å². The number of para-hydroxylation sites is 1. The monoisotopic (exact) mass is 534 g/mol. The van der Waals surface area contributed by atoms with Gasteiger partial charge < -0.3 is 19.9 Å². The van der Waals surface area contributed by atoms with Gasteiger partial charge in [0.1, 0.15) is 11.6 Å². The summed E-state index contributed by atoms with van der Waals surface area (Å²) >= 11 is 0. The lowest BCUT2D eigenvalue weighted by Crippen LogP contribution is -2.39. The zero-order chi connectivity index (χ0) is 21.3. The predicted octanol–water partition coefficient (Wildman–Crippen LogP) is 4.14. The van der Waals surface area contributed by atoms with Crippen LogP contribution in [0.3, 0.4) is 0 Å². The Morgan fingerprint density at radius 3 is 2.48 bits per heavy atom. The highest BCUT2D eigenvalue weighted by Gasteiger charge is 2.11. The number of rotatable bonds is 8. The molecule has 0 aliphatic carbocycles. The molecule has 2 aromatic carbocycles. The summed E-state index contributed by atoms with van der Waals surface area (Å²) in [5, 5.41) is 15.2. The van der Waals surface area contributed by atoms with Crippen molar-refractivity contribution in [2.24, 2.45) is 12.0 Å². The largest absolute Gasteiger partial charge is 0.494 e. The smallest absolute Gasteiger partial charge is 0.192 e. The Hall–Kier alpha value is -2.62. The SMILES string of the molecule is CCOc1ccccc1CN=C(NCc1nnc(C)n1C)NC(C)c1ccccc1.I. The zero-order valence-electron chi connectivity index (χ0n) is 18.5. The van der Waals surface area contributed by atoms with Crippen LogP contribution in [0, 0.1) is 6.92 Å². The van der Waals surface area contributed by atoms with Gasteiger partial charge in [-0.1, -0.05) is 48.5 Å². The van der Waals surface area contributed by atoms with Crippen molar-refractivity contribution in [2.45, 2.75) is 39.9 Å². The Morgan fingerprint density at radius 1 is 1.10 bits per heavy atom. The van der Waals surface area contributed by atoms with E-state index in [1.165, 1.54) is 5.56 Å². The van der Waals surface area contributed by atoms with Crippen LogP contribution in [-0.2, 0) is 20.1 Å². The summed E-state index contributed by atoms with van der Waals surface area (Å²) < 4.78 is 7.70. The minimum atomic E-state index is 0. The summed E-state index contributed by atoms with van der Waals surface area (Å²) in [6, 6.07) is 18.4. The number of nitrogens with one attached hydrogen (secondary N) is 2. The van der Waals surface area contributed by atoms with Gasteiger partial charge in [0.2, 0.25) is 0 Å². The summed E-state index contributed by atoms with van der Waals surface area (Å²) in [4.78, 5) is 4.81. The van der Waals surface area contributed by atoms with Crippen LogP contribution in [0.4, 0.5) is 0 Å². The van der Waals surface area contributed by atoms with Crippen molar-refractivity contribution in [3.8, 4) is 5.75 Å². The van der Waals surface area contributed by atoms with Gasteiger partial charge in [-0.3, -0.25) is 0 Å². The molecule has 0 saturated carbocycles. The second-order valence-corrected chi connectivity index (χ2v) is 7.06. The number of aromatic nitrogens is 3. The van der Waals surface area contributed by atoms with E-state index in [9.17, 15) is 0 Å². The number of hydrogen-bond acceptors (Lipinski definition) is 4. The Kier molecular flexibility index (Phi) is 9.77. The van der Waals surface area contributed by atoms with Gasteiger partial charge in [-0.25, -0.2) is 4.99 Å². The van der Waals surface area contributed by atoms with Gasteiger partial charge in [-0.05, 0) is 32.4 Å². The molecule has 0 bridgehead atoms. The molecule has 7 nitrogen and oxygen atoms in total. The predicted molar refractivity (Wildman–Crippen MR) is 135 cm³/mol. The van der Waals surface area contributed by atoms with Gasteiger partial charge in [0.25, 0.3) is 0 Å². The number of ether oxygens (including phenoxy) is 1. The Labute approximate surface area is 201 Å². The molecule has 0 radical (unpaired) electrons. The highest BCUT2D eigenvalue weighted by Crippen LogP contribution is 2.19. The Bertz CT molecular complexity index is 973. The highest BCUT2D eigenvalue weighted by atomic mass is 127. The molecule has 1 heterocycles. The maximum atomic E-state index is 5.74. The number of hydrogen-bond donors (Lipinski definition) is 2. The molecule has 0 aliphatic heterocycles. The minimum Gasteiger partial charge on any atom is -0.494 e. The fourth-order valence-corrected chi connectivity index (χ4v) is 3.05. The van der Waals surface area contributed by atoms with Crippen LogP contribution in [0.25, 0.3) is 0 Å². The molecule has 0 spiro atoms. The molecule has 0 aliphatic rings. The average Bonchev–Trinajstić information content (AvgIpc) is 3.09. The van der Waals surface area contributed by atoms with E-state index in [4.69, 9.17) is 9.73 Å². The topological polar surface area (TPSA) is 76.4 Å². The molecule has 0 saturated heterocycles. The fraction of sp³-hybridized carbons (Fsp3) is 0.348. The van der Waals surface area contributed by atoms with Crippen molar-refractivity contribution < 1.29 is 4.74 Å². The lowest BCUT2D eigenvalue weighted by molar-refractivity contribution is 0.336. The van der Waals surface area contributed by atoms with E-state index in [-0.39, 0.29) is 30.0 Å². The molecule has 2 N–H and O–H groups in total. The maximum absolute atomic E-state index is 5.74. The molecule has 166 valence electrons. The van der Waals surface area contributed by atoms with Crippen molar-refractivity contribution >= 4 is 29.9 Å². The quantitative estimate of drug-likeness (QED) is 0.258. The van der Waals surface area contributed by atoms with Gasteiger partial charge in [-0.2, -0.15) is 0 Å². The molecule has 8 heteroatoms. The van der Waals surface area contributed by atoms with Crippen molar-refractivity contribution in [2.75, 3.05) is 6.61 Å². The summed E-state index contributed by atoms with van der Waals surface area (Å²) in [5.74, 6) is 3.30. The van der Waals surface area contributed by atoms with Crippen LogP contribution in [0.5, 0.6) is 5.75 Å². The minimum absolute atomic E-state index is 0. The third-order valence-corrected chi connectivity index (χ3v) is 4.93. The third-order valence-electron chi connectivity index (χ3n) is 4.93. The maximum Gasteiger partial charge on any atom is 0.192 e. The van der Waals surface area contributed by atoms with Crippen LogP contribution < -0.4 is 15.4 Å². The molecule has 3 rings (SSSR count). The summed E-state index contributed by atoms with van der Waals surface area (Å²) in [7, 11) is 1.96. The van der Waals surface area contributed by atoms with Crippen LogP contribution in [-0.4, -0.2) is 27.3 Å². The molecule has 1 atom stereocenters. The van der Waals surface area contributed by atoms with Crippen molar-refractivity contribution in [3.63, 3.8) is 0 Å². The standard InChI is InChI=1S/C23H30N6O.HI/c1-5-30-21-14-10-9-13-20(21)15-24-23(25-16-22-28-27-18(3)29(22)4)26-17(2)19-11-7-6-8-12-19;/h6-14,17H,5,15-16H2,1-4H3,(H2,24,25,26);1H. The Balaban J connectivity index is 0.00000341. The van der Waals surface area contributed by atoms with Crippen LogP contribution in [0.1, 0.15) is 42.7 Å². The Morgan fingerprint density at radius 2 is 1.81 bits per heavy atom. The molecular formula is C23H31IN6O. The van der Waals surface area contributed by atoms with E-state index < -0.39 is 0 Å². The molecule has 31 heavy (non-hydrogen) atoms. The van der Waals surface area contributed by atoms with E-state index >= 15 is 0 Å². The van der Waals surface area contributed by atoms with E-state index in [0.29, 0.717) is 25.7 Å². The second-order valence-electron chi connectivity index (χ2n) is 7.06. The highest BCUT2D eigenvalue weighted by molar-refractivity contribution is 14.0. The van der Waals surface area contributed by atoms with Crippen molar-refractivity contribution in [1.29, 1.82) is 0 Å². The molecule has 1 unspecified atom stereocenters. The molecule has 1 aromatic heterocycles. The number of guanidine groups is 1. The first-order valence-electron chi connectivity index (χ1n) is 10.2. The summed E-state index contributed by atoms with van der Waals surface area (Å²) in [6.07, 6.45) is 0. The van der Waals surface area contributed by atoms with Gasteiger partial charge in [-0.15, -0.1) is 34.2 Å². The van der Waals surface area contributed by atoms with Gasteiger partial charge in [0.05, 0.1) is 25.7 Å². The molecule has 0 amide bonds. The van der Waals surface area contributed by atoms with Gasteiger partial charge in [0.15, 0.2) is 11.8 Å². The van der Waals surface area contributed by atoms with Gasteiger partial charge >= 0.3 is 0 Å². The van der Waals surface area contributed by atoms with E-state index in [1.807, 2.05) is 67.9 Å². The third kappa shape index (κ3) is 6.95. The van der Waals surface area contributed by atoms with Crippen LogP contribution in [0.15, 0.2) is 59.6 Å². The number of benzene rings is 2. The second kappa shape index (κ2) is 12.3. The van der Waals surface area contributed by atoms with Crippen LogP contribution in [0.2, 0.25) is 0 Å². The molecular weight excluding hydrogens is 503 g/mol. The van der Waals surface area contributed by atoms with E-state index in [0.717, 1.165) is 23.0 Å². The zero-order valence-corrected chi connectivity index (χ0v) is 20.8. The number of nitrogens with zero attached hydrogens (tertiary/aromatic N) is 4. The summed E-state index contributed by atoms with van der Waals surface area (Å²) in [5.41, 5.74) is 2.23. The fourth-order valence-electron chi connectivity index (χ4n) is 3.05. The lowest BCUT2D eigenvalue weighted by Gasteiger charge is -2.19. The van der Waals surface area contributed by atoms with Crippen molar-refractivity contribution in [1.82, 2.24) is 25.4 Å². The first-order valence-corrected chi connectivity index (χ1v) is 10.2. The summed E-state index contributed by atoms with van der Waals surface area (Å²) in [6.45, 7) is 7.70. The van der Waals surface area contributed by atoms with Gasteiger partial charge in [0, 0.05) is 12.6 Å². The van der Waals surface area contributed by atoms with Crippen molar-refractivity contribution in [3.05, 3.63) is 77.4 Å². The average molecular weight is 534 g/mol. The normalized spacial score (nSPS) is 12.1. The van der Waals surface area contributed by atoms with Crippen LogP contribution >= 0.6 is 24.0 Å². The lowest BCUT2D eigenvalue weighted by atomic mass is 10.1.